The fraction of sp³-hybridized carbons (Fsp3) is 0.500. The second-order valence-corrected chi connectivity index (χ2v) is 8.12. The van der Waals surface area contributed by atoms with E-state index in [1.807, 2.05) is 6.92 Å². The van der Waals surface area contributed by atoms with Crippen molar-refractivity contribution >= 4 is 16.1 Å². The van der Waals surface area contributed by atoms with Crippen molar-refractivity contribution in [3.8, 4) is 0 Å². The highest BCUT2D eigenvalue weighted by atomic mass is 32.2. The van der Waals surface area contributed by atoms with Gasteiger partial charge in [0.25, 0.3) is 0 Å². The van der Waals surface area contributed by atoms with Crippen LogP contribution in [0.25, 0.3) is 6.08 Å². The maximum absolute atomic E-state index is 12.8. The molecule has 0 amide bonds. The molecule has 1 heterocycles. The van der Waals surface area contributed by atoms with Crippen molar-refractivity contribution in [3.05, 3.63) is 41.1 Å². The Hall–Kier alpha value is -1.24. The van der Waals surface area contributed by atoms with Gasteiger partial charge in [-0.25, -0.2) is 17.5 Å². The van der Waals surface area contributed by atoms with Crippen LogP contribution in [0.3, 0.4) is 0 Å². The highest BCUT2D eigenvalue weighted by Gasteiger charge is 2.51. The molecule has 1 aliphatic carbocycles. The molecule has 1 N–H and O–H groups in total. The number of hydrogen-bond donors (Lipinski definition) is 1. The Morgan fingerprint density at radius 3 is 2.73 bits per heavy atom. The Balaban J connectivity index is 1.72. The monoisotopic (exact) mass is 325 g/mol. The number of rotatable bonds is 4. The molecule has 22 heavy (non-hydrogen) atoms. The second-order valence-electron chi connectivity index (χ2n) is 6.55. The van der Waals surface area contributed by atoms with E-state index in [4.69, 9.17) is 4.74 Å². The average Bonchev–Trinajstić information content (AvgIpc) is 2.67. The van der Waals surface area contributed by atoms with Crippen LogP contribution in [0.4, 0.5) is 4.39 Å². The number of benzene rings is 1. The Labute approximate surface area is 130 Å². The van der Waals surface area contributed by atoms with Crippen LogP contribution in [0.1, 0.15) is 38.2 Å². The van der Waals surface area contributed by atoms with Gasteiger partial charge in [0.1, 0.15) is 5.82 Å². The van der Waals surface area contributed by atoms with Gasteiger partial charge in [-0.15, -0.1) is 0 Å². The van der Waals surface area contributed by atoms with E-state index in [1.54, 1.807) is 0 Å². The molecule has 2 unspecified atom stereocenters. The number of halogens is 1. The number of hydrogen-bond acceptors (Lipinski definition) is 3. The molecule has 3 rings (SSSR count). The Bertz CT molecular complexity index is 686. The van der Waals surface area contributed by atoms with Crippen molar-refractivity contribution < 1.29 is 17.5 Å². The molecule has 1 aromatic rings. The molecule has 0 radical (unpaired) electrons. The van der Waals surface area contributed by atoms with E-state index in [-0.39, 0.29) is 11.4 Å². The first-order valence-electron chi connectivity index (χ1n) is 7.42. The predicted molar refractivity (Wildman–Crippen MR) is 83.0 cm³/mol. The van der Waals surface area contributed by atoms with Gasteiger partial charge < -0.3 is 4.74 Å². The summed E-state index contributed by atoms with van der Waals surface area (Å²) in [7, 11) is -3.56. The molecule has 1 aliphatic heterocycles. The quantitative estimate of drug-likeness (QED) is 0.926. The Morgan fingerprint density at radius 1 is 1.27 bits per heavy atom. The van der Waals surface area contributed by atoms with E-state index in [1.165, 1.54) is 30.3 Å². The summed E-state index contributed by atoms with van der Waals surface area (Å²) < 4.78 is 46.0. The summed E-state index contributed by atoms with van der Waals surface area (Å²) in [4.78, 5) is 0. The van der Waals surface area contributed by atoms with Crippen LogP contribution in [0.15, 0.2) is 29.7 Å². The van der Waals surface area contributed by atoms with Crippen molar-refractivity contribution in [2.24, 2.45) is 0 Å². The first-order valence-corrected chi connectivity index (χ1v) is 8.96. The lowest BCUT2D eigenvalue weighted by Gasteiger charge is -2.34. The van der Waals surface area contributed by atoms with Crippen molar-refractivity contribution in [1.82, 2.24) is 4.72 Å². The summed E-state index contributed by atoms with van der Waals surface area (Å²) in [6.45, 7) is 2.46. The van der Waals surface area contributed by atoms with E-state index in [0.29, 0.717) is 18.6 Å². The lowest BCUT2D eigenvalue weighted by atomic mass is 9.78. The van der Waals surface area contributed by atoms with Gasteiger partial charge in [-0.2, -0.15) is 0 Å². The lowest BCUT2D eigenvalue weighted by Crippen LogP contribution is -2.50. The molecule has 120 valence electrons. The zero-order chi connectivity index (χ0) is 15.8. The molecular formula is C16H20FNO3S. The molecule has 1 saturated carbocycles. The third-order valence-corrected chi connectivity index (χ3v) is 5.65. The van der Waals surface area contributed by atoms with E-state index in [0.717, 1.165) is 24.7 Å². The molecule has 2 aliphatic rings. The number of nitrogens with one attached hydrogen (secondary N) is 1. The van der Waals surface area contributed by atoms with Crippen molar-refractivity contribution in [2.75, 3.05) is 6.61 Å². The smallest absolute Gasteiger partial charge is 0.234 e. The van der Waals surface area contributed by atoms with E-state index < -0.39 is 15.6 Å². The highest BCUT2D eigenvalue weighted by Crippen LogP contribution is 2.44. The van der Waals surface area contributed by atoms with Gasteiger partial charge in [0, 0.05) is 5.41 Å². The van der Waals surface area contributed by atoms with Crippen LogP contribution in [0.5, 0.6) is 0 Å². The van der Waals surface area contributed by atoms with E-state index in [2.05, 4.69) is 4.72 Å². The summed E-state index contributed by atoms with van der Waals surface area (Å²) in [6.07, 6.45) is 4.91. The molecule has 4 nitrogen and oxygen atoms in total. The first-order chi connectivity index (χ1) is 10.3. The number of ether oxygens (including phenoxy) is 1. The molecule has 2 atom stereocenters. The van der Waals surface area contributed by atoms with Crippen LogP contribution in [0.2, 0.25) is 0 Å². The molecule has 0 aromatic heterocycles. The topological polar surface area (TPSA) is 55.4 Å². The van der Waals surface area contributed by atoms with E-state index >= 15 is 0 Å². The highest BCUT2D eigenvalue weighted by molar-refractivity contribution is 7.92. The SMILES string of the molecule is CC12CCCC(NS(=O)(=O)/C=C/c3ccc(F)cc3)(CO1)C2. The second kappa shape index (κ2) is 5.44. The van der Waals surface area contributed by atoms with Crippen LogP contribution >= 0.6 is 0 Å². The van der Waals surface area contributed by atoms with Crippen molar-refractivity contribution in [3.63, 3.8) is 0 Å². The maximum atomic E-state index is 12.8. The van der Waals surface area contributed by atoms with Gasteiger partial charge in [0.15, 0.2) is 0 Å². The van der Waals surface area contributed by atoms with E-state index in [9.17, 15) is 12.8 Å². The molecule has 2 fully saturated rings. The summed E-state index contributed by atoms with van der Waals surface area (Å²) in [5.41, 5.74) is -0.0548. The lowest BCUT2D eigenvalue weighted by molar-refractivity contribution is 0.0148. The predicted octanol–water partition coefficient (Wildman–Crippen LogP) is 2.82. The third kappa shape index (κ3) is 3.39. The molecule has 6 heteroatoms. The van der Waals surface area contributed by atoms with Crippen LogP contribution in [0, 0.1) is 5.82 Å². The number of fused-ring (bicyclic) bond motifs is 2. The minimum absolute atomic E-state index is 0.207. The van der Waals surface area contributed by atoms with Crippen LogP contribution < -0.4 is 4.72 Å². The summed E-state index contributed by atoms with van der Waals surface area (Å²) in [5, 5.41) is 1.14. The number of sulfonamides is 1. The fourth-order valence-electron chi connectivity index (χ4n) is 3.45. The summed E-state index contributed by atoms with van der Waals surface area (Å²) >= 11 is 0. The first kappa shape index (κ1) is 15.6. The zero-order valence-electron chi connectivity index (χ0n) is 12.5. The minimum atomic E-state index is -3.56. The van der Waals surface area contributed by atoms with Gasteiger partial charge in [-0.05, 0) is 56.4 Å². The van der Waals surface area contributed by atoms with Gasteiger partial charge in [0.05, 0.1) is 17.7 Å². The fourth-order valence-corrected chi connectivity index (χ4v) is 4.69. The van der Waals surface area contributed by atoms with Gasteiger partial charge in [-0.3, -0.25) is 0 Å². The van der Waals surface area contributed by atoms with Gasteiger partial charge >= 0.3 is 0 Å². The Morgan fingerprint density at radius 2 is 2.00 bits per heavy atom. The van der Waals surface area contributed by atoms with Crippen LogP contribution in [-0.2, 0) is 14.8 Å². The average molecular weight is 325 g/mol. The normalized spacial score (nSPS) is 31.7. The summed E-state index contributed by atoms with van der Waals surface area (Å²) in [6, 6.07) is 5.68. The maximum Gasteiger partial charge on any atom is 0.234 e. The minimum Gasteiger partial charge on any atom is -0.373 e. The van der Waals surface area contributed by atoms with Gasteiger partial charge in [-0.1, -0.05) is 12.1 Å². The summed E-state index contributed by atoms with van der Waals surface area (Å²) in [5.74, 6) is -0.346. The standard InChI is InChI=1S/C16H20FNO3S/c1-15-8-2-9-16(11-15,12-21-15)18-22(19,20)10-7-13-3-5-14(17)6-4-13/h3-7,10,18H,2,8-9,11-12H2,1H3/b10-7+. The van der Waals surface area contributed by atoms with Gasteiger partial charge in [0.2, 0.25) is 10.0 Å². The molecule has 2 bridgehead atoms. The van der Waals surface area contributed by atoms with Crippen LogP contribution in [-0.4, -0.2) is 26.2 Å². The molecule has 1 aromatic carbocycles. The largest absolute Gasteiger partial charge is 0.373 e. The Kier molecular flexibility index (Phi) is 3.87. The molecule has 1 saturated heterocycles. The van der Waals surface area contributed by atoms with Crippen molar-refractivity contribution in [1.29, 1.82) is 0 Å². The third-order valence-electron chi connectivity index (χ3n) is 4.44. The molecule has 0 spiro atoms. The molecular weight excluding hydrogens is 305 g/mol. The van der Waals surface area contributed by atoms with Crippen molar-refractivity contribution in [2.45, 2.75) is 43.7 Å². The zero-order valence-corrected chi connectivity index (χ0v) is 13.3.